The highest BCUT2D eigenvalue weighted by molar-refractivity contribution is 5.75. The maximum atomic E-state index is 13.1. The molecule has 4 nitrogen and oxygen atoms in total. The lowest BCUT2D eigenvalue weighted by Gasteiger charge is -2.37. The molecule has 0 aromatic rings. The first kappa shape index (κ1) is 27.8. The largest absolute Gasteiger partial charge is 0.370 e. The molecule has 182 valence electrons. The summed E-state index contributed by atoms with van der Waals surface area (Å²) in [4.78, 5) is 15.7. The molecule has 0 aliphatic carbocycles. The normalized spacial score (nSPS) is 22.9. The Hall–Kier alpha value is -1.19. The van der Waals surface area contributed by atoms with E-state index in [-0.39, 0.29) is 23.5 Å². The Labute approximate surface area is 194 Å². The molecule has 0 aromatic carbocycles. The number of unbranched alkanes of at least 4 members (excludes halogenated alkanes) is 3. The summed E-state index contributed by atoms with van der Waals surface area (Å²) in [6, 6.07) is 0.735. The van der Waals surface area contributed by atoms with Gasteiger partial charge in [-0.1, -0.05) is 86.6 Å². The summed E-state index contributed by atoms with van der Waals surface area (Å²) in [7, 11) is 0. The Morgan fingerprint density at radius 2 is 1.81 bits per heavy atom. The smallest absolute Gasteiger partial charge is 0.315 e. The Morgan fingerprint density at radius 1 is 1.13 bits per heavy atom. The summed E-state index contributed by atoms with van der Waals surface area (Å²) in [5.74, 6) is 1.17. The number of amides is 2. The minimum absolute atomic E-state index is 0.0228. The van der Waals surface area contributed by atoms with Crippen LogP contribution in [0.1, 0.15) is 114 Å². The lowest BCUT2D eigenvalue weighted by Crippen LogP contribution is -2.53. The highest BCUT2D eigenvalue weighted by atomic mass is 16.2. The first-order chi connectivity index (χ1) is 14.6. The molecule has 1 heterocycles. The van der Waals surface area contributed by atoms with Crippen LogP contribution in [0.5, 0.6) is 0 Å². The summed E-state index contributed by atoms with van der Waals surface area (Å²) in [5, 5.41) is 6.69. The van der Waals surface area contributed by atoms with Gasteiger partial charge in [0, 0.05) is 24.3 Å². The second kappa shape index (κ2) is 13.4. The van der Waals surface area contributed by atoms with E-state index in [1.807, 2.05) is 0 Å². The SMILES string of the molecule is C/C=C(/C(NC(=O)NC(CC)C(C)(C)C)C(C)CCCCCC)N1C[C@H](CC)CC1C. The molecule has 0 aromatic heterocycles. The number of urea groups is 1. The number of carbonyl (C=O) groups is 1. The Bertz CT molecular complexity index is 551. The van der Waals surface area contributed by atoms with E-state index in [0.29, 0.717) is 12.0 Å². The van der Waals surface area contributed by atoms with Crippen LogP contribution in [0, 0.1) is 17.3 Å². The standard InChI is InChI=1S/C27H53N3O/c1-10-14-15-16-17-20(5)25(29-26(31)28-24(13-4)27(7,8)9)23(12-3)30-19-22(11-2)18-21(30)6/h12,20-22,24-25H,10-11,13-19H2,1-9H3,(H2,28,29,31)/b23-12-/t20?,21?,22-,24?,25?/m1/s1. The van der Waals surface area contributed by atoms with Gasteiger partial charge >= 0.3 is 6.03 Å². The highest BCUT2D eigenvalue weighted by Crippen LogP contribution is 2.32. The summed E-state index contributed by atoms with van der Waals surface area (Å²) in [6.07, 6.45) is 11.9. The molecule has 1 rings (SSSR count). The van der Waals surface area contributed by atoms with Gasteiger partial charge in [0.25, 0.3) is 0 Å². The first-order valence-electron chi connectivity index (χ1n) is 13.1. The zero-order valence-corrected chi connectivity index (χ0v) is 22.2. The van der Waals surface area contributed by atoms with E-state index in [9.17, 15) is 4.79 Å². The molecule has 2 N–H and O–H groups in total. The molecule has 2 amide bonds. The maximum absolute atomic E-state index is 13.1. The molecule has 0 bridgehead atoms. The van der Waals surface area contributed by atoms with Gasteiger partial charge < -0.3 is 15.5 Å². The molecule has 0 spiro atoms. The van der Waals surface area contributed by atoms with Gasteiger partial charge in [0.2, 0.25) is 0 Å². The molecule has 1 aliphatic rings. The van der Waals surface area contributed by atoms with Crippen LogP contribution in [0.4, 0.5) is 4.79 Å². The average molecular weight is 436 g/mol. The number of likely N-dealkylation sites (tertiary alicyclic amines) is 1. The zero-order valence-electron chi connectivity index (χ0n) is 22.2. The molecule has 1 saturated heterocycles. The molecule has 31 heavy (non-hydrogen) atoms. The Morgan fingerprint density at radius 3 is 2.29 bits per heavy atom. The molecule has 4 heteroatoms. The predicted octanol–water partition coefficient (Wildman–Crippen LogP) is 7.11. The summed E-state index contributed by atoms with van der Waals surface area (Å²) in [5.41, 5.74) is 1.36. The monoisotopic (exact) mass is 435 g/mol. The van der Waals surface area contributed by atoms with Crippen LogP contribution in [0.25, 0.3) is 0 Å². The van der Waals surface area contributed by atoms with E-state index < -0.39 is 0 Å². The maximum Gasteiger partial charge on any atom is 0.315 e. The van der Waals surface area contributed by atoms with Gasteiger partial charge in [-0.05, 0) is 50.4 Å². The Balaban J connectivity index is 3.00. The average Bonchev–Trinajstić information content (AvgIpc) is 3.08. The van der Waals surface area contributed by atoms with Crippen molar-refractivity contribution in [2.45, 2.75) is 132 Å². The van der Waals surface area contributed by atoms with Gasteiger partial charge in [0.05, 0.1) is 6.04 Å². The van der Waals surface area contributed by atoms with Crippen molar-refractivity contribution in [2.24, 2.45) is 17.3 Å². The van der Waals surface area contributed by atoms with Gasteiger partial charge in [-0.25, -0.2) is 4.79 Å². The number of nitrogens with one attached hydrogen (secondary N) is 2. The van der Waals surface area contributed by atoms with Crippen LogP contribution in [0.2, 0.25) is 0 Å². The second-order valence-electron chi connectivity index (χ2n) is 11.0. The van der Waals surface area contributed by atoms with E-state index in [4.69, 9.17) is 0 Å². The number of hydrogen-bond acceptors (Lipinski definition) is 2. The van der Waals surface area contributed by atoms with Gasteiger partial charge in [-0.15, -0.1) is 0 Å². The zero-order chi connectivity index (χ0) is 23.6. The fourth-order valence-corrected chi connectivity index (χ4v) is 5.16. The molecule has 0 saturated carbocycles. The molecule has 1 aliphatic heterocycles. The van der Waals surface area contributed by atoms with Crippen LogP contribution in [0.15, 0.2) is 11.8 Å². The molecule has 1 fully saturated rings. The van der Waals surface area contributed by atoms with Crippen LogP contribution < -0.4 is 10.6 Å². The number of carbonyl (C=O) groups excluding carboxylic acids is 1. The lowest BCUT2D eigenvalue weighted by molar-refractivity contribution is 0.203. The first-order valence-corrected chi connectivity index (χ1v) is 13.1. The van der Waals surface area contributed by atoms with E-state index in [1.54, 1.807) is 0 Å². The van der Waals surface area contributed by atoms with Crippen molar-refractivity contribution in [2.75, 3.05) is 6.54 Å². The summed E-state index contributed by atoms with van der Waals surface area (Å²) < 4.78 is 0. The van der Waals surface area contributed by atoms with Crippen molar-refractivity contribution in [3.8, 4) is 0 Å². The summed E-state index contributed by atoms with van der Waals surface area (Å²) in [6.45, 7) is 21.2. The van der Waals surface area contributed by atoms with Crippen LogP contribution in [-0.2, 0) is 0 Å². The summed E-state index contributed by atoms with van der Waals surface area (Å²) >= 11 is 0. The van der Waals surface area contributed by atoms with Gasteiger partial charge in [0.15, 0.2) is 0 Å². The van der Waals surface area contributed by atoms with Gasteiger partial charge in [-0.2, -0.15) is 0 Å². The predicted molar refractivity (Wildman–Crippen MR) is 135 cm³/mol. The second-order valence-corrected chi connectivity index (χ2v) is 11.0. The minimum Gasteiger partial charge on any atom is -0.370 e. The fourth-order valence-electron chi connectivity index (χ4n) is 5.16. The third-order valence-electron chi connectivity index (χ3n) is 7.31. The number of nitrogens with zero attached hydrogens (tertiary/aromatic N) is 1. The molecule has 4 unspecified atom stereocenters. The third kappa shape index (κ3) is 8.69. The fraction of sp³-hybridized carbons (Fsp3) is 0.889. The molecule has 0 radical (unpaired) electrons. The minimum atomic E-state index is -0.0228. The lowest BCUT2D eigenvalue weighted by atomic mass is 9.85. The van der Waals surface area contributed by atoms with Crippen LogP contribution >= 0.6 is 0 Å². The van der Waals surface area contributed by atoms with Crippen molar-refractivity contribution in [1.29, 1.82) is 0 Å². The quantitative estimate of drug-likeness (QED) is 0.321. The van der Waals surface area contributed by atoms with Crippen molar-refractivity contribution < 1.29 is 4.79 Å². The van der Waals surface area contributed by atoms with Gasteiger partial charge in [-0.3, -0.25) is 0 Å². The van der Waals surface area contributed by atoms with E-state index in [1.165, 1.54) is 44.2 Å². The van der Waals surface area contributed by atoms with Crippen molar-refractivity contribution in [3.05, 3.63) is 11.8 Å². The van der Waals surface area contributed by atoms with E-state index >= 15 is 0 Å². The van der Waals surface area contributed by atoms with Gasteiger partial charge in [0.1, 0.15) is 0 Å². The van der Waals surface area contributed by atoms with Crippen LogP contribution in [-0.4, -0.2) is 35.6 Å². The molecular formula is C27H53N3O. The Kier molecular flexibility index (Phi) is 12.0. The van der Waals surface area contributed by atoms with Crippen molar-refractivity contribution in [3.63, 3.8) is 0 Å². The molecular weight excluding hydrogens is 382 g/mol. The van der Waals surface area contributed by atoms with Crippen molar-refractivity contribution >= 4 is 6.03 Å². The van der Waals surface area contributed by atoms with Crippen LogP contribution in [0.3, 0.4) is 0 Å². The highest BCUT2D eigenvalue weighted by Gasteiger charge is 2.35. The van der Waals surface area contributed by atoms with Crippen molar-refractivity contribution in [1.82, 2.24) is 15.5 Å². The third-order valence-corrected chi connectivity index (χ3v) is 7.31. The van der Waals surface area contributed by atoms with E-state index in [2.05, 4.69) is 83.9 Å². The number of allylic oxidation sites excluding steroid dienone is 1. The number of hydrogen-bond donors (Lipinski definition) is 2. The topological polar surface area (TPSA) is 44.4 Å². The van der Waals surface area contributed by atoms with E-state index in [0.717, 1.165) is 25.3 Å². The number of rotatable bonds is 12. The molecule has 5 atom stereocenters.